The van der Waals surface area contributed by atoms with Gasteiger partial charge >= 0.3 is 0 Å². The van der Waals surface area contributed by atoms with E-state index in [4.69, 9.17) is 9.40 Å². The molecular weight excluding hydrogens is 332 g/mol. The first-order valence-corrected chi connectivity index (χ1v) is 9.03. The van der Waals surface area contributed by atoms with Crippen LogP contribution in [0.5, 0.6) is 0 Å². The minimum Gasteiger partial charge on any atom is -0.469 e. The van der Waals surface area contributed by atoms with Crippen LogP contribution >= 0.6 is 0 Å². The number of fused-ring (bicyclic) bond motifs is 1. The van der Waals surface area contributed by atoms with Crippen LogP contribution in [0.3, 0.4) is 0 Å². The molecule has 1 atom stereocenters. The molecule has 2 aromatic heterocycles. The highest BCUT2D eigenvalue weighted by Crippen LogP contribution is 2.46. The quantitative estimate of drug-likeness (QED) is 0.602. The third-order valence-electron chi connectivity index (χ3n) is 5.35. The predicted molar refractivity (Wildman–Crippen MR) is 108 cm³/mol. The molecule has 0 radical (unpaired) electrons. The Morgan fingerprint density at radius 1 is 1.15 bits per heavy atom. The molecule has 132 valence electrons. The maximum Gasteiger partial charge on any atom is 0.107 e. The van der Waals surface area contributed by atoms with Crippen molar-refractivity contribution in [2.45, 2.75) is 24.7 Å². The summed E-state index contributed by atoms with van der Waals surface area (Å²) >= 11 is 0. The van der Waals surface area contributed by atoms with Gasteiger partial charge in [0, 0.05) is 12.0 Å². The maximum absolute atomic E-state index is 10.1. The summed E-state index contributed by atoms with van der Waals surface area (Å²) in [7, 11) is 0. The highest BCUT2D eigenvalue weighted by atomic mass is 16.3. The number of furan rings is 1. The lowest BCUT2D eigenvalue weighted by molar-refractivity contribution is 0.437. The van der Waals surface area contributed by atoms with Gasteiger partial charge in [0.25, 0.3) is 0 Å². The van der Waals surface area contributed by atoms with Crippen LogP contribution in [0.15, 0.2) is 66.3 Å². The lowest BCUT2D eigenvalue weighted by Crippen LogP contribution is -2.25. The van der Waals surface area contributed by atoms with Crippen LogP contribution in [0.4, 0.5) is 0 Å². The van der Waals surface area contributed by atoms with Crippen LogP contribution in [-0.2, 0) is 18.3 Å². The first-order valence-electron chi connectivity index (χ1n) is 9.03. The number of nitriles is 1. The van der Waals surface area contributed by atoms with Crippen molar-refractivity contribution in [1.82, 2.24) is 4.98 Å². The Kier molecular flexibility index (Phi) is 4.25. The number of aromatic nitrogens is 1. The Bertz CT molecular complexity index is 1040. The lowest BCUT2D eigenvalue weighted by Gasteiger charge is -2.22. The minimum atomic E-state index is -0.686. The molecule has 1 unspecified atom stereocenters. The van der Waals surface area contributed by atoms with Crippen molar-refractivity contribution >= 4 is 12.2 Å². The summed E-state index contributed by atoms with van der Waals surface area (Å²) in [6.07, 6.45) is 7.29. The first kappa shape index (κ1) is 17.1. The molecule has 0 spiro atoms. The van der Waals surface area contributed by atoms with Gasteiger partial charge < -0.3 is 4.42 Å². The van der Waals surface area contributed by atoms with E-state index in [2.05, 4.69) is 31.4 Å². The summed E-state index contributed by atoms with van der Waals surface area (Å²) in [6.45, 7) is 7.94. The van der Waals surface area contributed by atoms with Crippen LogP contribution in [0, 0.1) is 11.3 Å². The monoisotopic (exact) mass is 352 g/mol. The minimum absolute atomic E-state index is 0.523. The summed E-state index contributed by atoms with van der Waals surface area (Å²) < 4.78 is 5.54. The van der Waals surface area contributed by atoms with Gasteiger partial charge in [0.1, 0.15) is 11.2 Å². The van der Waals surface area contributed by atoms with Crippen molar-refractivity contribution < 1.29 is 4.42 Å². The standard InChI is InChI=1S/C24H20N2O/c1-3-19-21(4-2)26-23-20(22(19)17-9-6-5-7-10-17)12-13-24(23,16-25)15-18-11-8-14-27-18/h3-11,14H,1-2,12-13,15H2. The fraction of sp³-hybridized carbons (Fsp3) is 0.167. The molecule has 0 saturated carbocycles. The van der Waals surface area contributed by atoms with Crippen molar-refractivity contribution in [2.24, 2.45) is 0 Å². The molecular formula is C24H20N2O. The number of pyridine rings is 1. The molecule has 0 N–H and O–H groups in total. The van der Waals surface area contributed by atoms with Crippen LogP contribution < -0.4 is 0 Å². The van der Waals surface area contributed by atoms with E-state index in [1.807, 2.05) is 36.4 Å². The number of rotatable bonds is 5. The fourth-order valence-corrected chi connectivity index (χ4v) is 4.08. The molecule has 0 fully saturated rings. The van der Waals surface area contributed by atoms with Crippen molar-refractivity contribution in [2.75, 3.05) is 0 Å². The molecule has 1 aliphatic carbocycles. The van der Waals surface area contributed by atoms with E-state index >= 15 is 0 Å². The number of hydrogen-bond donors (Lipinski definition) is 0. The molecule has 3 heteroatoms. The third-order valence-corrected chi connectivity index (χ3v) is 5.35. The average molecular weight is 352 g/mol. The molecule has 2 heterocycles. The Hall–Kier alpha value is -3.38. The van der Waals surface area contributed by atoms with Crippen molar-refractivity contribution in [3.8, 4) is 17.2 Å². The van der Waals surface area contributed by atoms with Crippen molar-refractivity contribution in [3.05, 3.63) is 90.2 Å². The second-order valence-electron chi connectivity index (χ2n) is 6.84. The van der Waals surface area contributed by atoms with E-state index in [0.29, 0.717) is 6.42 Å². The zero-order valence-electron chi connectivity index (χ0n) is 15.1. The maximum atomic E-state index is 10.1. The van der Waals surface area contributed by atoms with Gasteiger partial charge in [-0.1, -0.05) is 49.6 Å². The highest BCUT2D eigenvalue weighted by molar-refractivity contribution is 5.83. The van der Waals surface area contributed by atoms with E-state index in [0.717, 1.165) is 52.2 Å². The van der Waals surface area contributed by atoms with Crippen LogP contribution in [0.2, 0.25) is 0 Å². The molecule has 3 nitrogen and oxygen atoms in total. The van der Waals surface area contributed by atoms with E-state index in [9.17, 15) is 5.26 Å². The zero-order chi connectivity index (χ0) is 18.9. The van der Waals surface area contributed by atoms with Crippen LogP contribution in [0.25, 0.3) is 23.3 Å². The number of benzene rings is 1. The summed E-state index contributed by atoms with van der Waals surface area (Å²) in [4.78, 5) is 4.88. The van der Waals surface area contributed by atoms with Gasteiger partial charge in [-0.05, 0) is 47.7 Å². The van der Waals surface area contributed by atoms with Gasteiger partial charge in [-0.25, -0.2) is 0 Å². The Morgan fingerprint density at radius 2 is 1.96 bits per heavy atom. The molecule has 0 aliphatic heterocycles. The van der Waals surface area contributed by atoms with E-state index in [1.165, 1.54) is 0 Å². The van der Waals surface area contributed by atoms with E-state index < -0.39 is 5.41 Å². The van der Waals surface area contributed by atoms with Gasteiger partial charge in [-0.15, -0.1) is 0 Å². The summed E-state index contributed by atoms with van der Waals surface area (Å²) in [5, 5.41) is 10.1. The molecule has 0 amide bonds. The van der Waals surface area contributed by atoms with E-state index in [-0.39, 0.29) is 0 Å². The largest absolute Gasteiger partial charge is 0.469 e. The third kappa shape index (κ3) is 2.71. The first-order chi connectivity index (χ1) is 13.2. The van der Waals surface area contributed by atoms with Crippen molar-refractivity contribution in [3.63, 3.8) is 0 Å². The molecule has 0 bridgehead atoms. The fourth-order valence-electron chi connectivity index (χ4n) is 4.08. The van der Waals surface area contributed by atoms with Gasteiger partial charge in [-0.2, -0.15) is 5.26 Å². The van der Waals surface area contributed by atoms with Gasteiger partial charge in [0.05, 0.1) is 23.7 Å². The Morgan fingerprint density at radius 3 is 2.59 bits per heavy atom. The lowest BCUT2D eigenvalue weighted by atomic mass is 9.81. The molecule has 1 aromatic carbocycles. The Balaban J connectivity index is 1.98. The highest BCUT2D eigenvalue weighted by Gasteiger charge is 2.43. The number of nitrogens with zero attached hydrogens (tertiary/aromatic N) is 2. The normalized spacial score (nSPS) is 17.9. The SMILES string of the molecule is C=Cc1nc2c(c(-c3ccccc3)c1C=C)CCC2(C#N)Cc1ccco1. The summed E-state index contributed by atoms with van der Waals surface area (Å²) in [6, 6.07) is 16.6. The van der Waals surface area contributed by atoms with Gasteiger partial charge in [0.2, 0.25) is 0 Å². The predicted octanol–water partition coefficient (Wildman–Crippen LogP) is 5.58. The topological polar surface area (TPSA) is 49.8 Å². The van der Waals surface area contributed by atoms with Gasteiger partial charge in [-0.3, -0.25) is 4.98 Å². The van der Waals surface area contributed by atoms with Crippen LogP contribution in [-0.4, -0.2) is 4.98 Å². The number of hydrogen-bond acceptors (Lipinski definition) is 3. The zero-order valence-corrected chi connectivity index (χ0v) is 15.1. The molecule has 3 aromatic rings. The second-order valence-corrected chi connectivity index (χ2v) is 6.84. The summed E-state index contributed by atoms with van der Waals surface area (Å²) in [5.41, 5.74) is 5.26. The van der Waals surface area contributed by atoms with E-state index in [1.54, 1.807) is 12.3 Å². The molecule has 27 heavy (non-hydrogen) atoms. The van der Waals surface area contributed by atoms with Crippen molar-refractivity contribution in [1.29, 1.82) is 5.26 Å². The smallest absolute Gasteiger partial charge is 0.107 e. The van der Waals surface area contributed by atoms with Gasteiger partial charge in [0.15, 0.2) is 0 Å². The van der Waals surface area contributed by atoms with Crippen LogP contribution in [0.1, 0.15) is 34.7 Å². The second kappa shape index (κ2) is 6.74. The molecule has 1 aliphatic rings. The Labute approximate surface area is 159 Å². The molecule has 0 saturated heterocycles. The summed E-state index contributed by atoms with van der Waals surface area (Å²) in [5.74, 6) is 0.806. The molecule has 4 rings (SSSR count). The average Bonchev–Trinajstić information content (AvgIpc) is 3.35.